The highest BCUT2D eigenvalue weighted by Gasteiger charge is 2.37. The third kappa shape index (κ3) is 7.18. The van der Waals surface area contributed by atoms with Crippen LogP contribution in [-0.2, 0) is 25.5 Å². The van der Waals surface area contributed by atoms with Crippen molar-refractivity contribution in [3.8, 4) is 0 Å². The smallest absolute Gasteiger partial charge is 0.334 e. The highest BCUT2D eigenvalue weighted by Crippen LogP contribution is 2.20. The maximum Gasteiger partial charge on any atom is 0.334 e. The second-order valence-corrected chi connectivity index (χ2v) is 6.90. The van der Waals surface area contributed by atoms with Gasteiger partial charge in [-0.2, -0.15) is 0 Å². The normalized spacial score (nSPS) is 16.4. The van der Waals surface area contributed by atoms with Gasteiger partial charge >= 0.3 is 18.0 Å². The number of likely N-dealkylation sites (tertiary alicyclic amines) is 1. The van der Waals surface area contributed by atoms with Gasteiger partial charge in [0.05, 0.1) is 13.2 Å². The summed E-state index contributed by atoms with van der Waals surface area (Å²) in [7, 11) is 1.55. The molecule has 0 spiro atoms. The Kier molecular flexibility index (Phi) is 11.2. The van der Waals surface area contributed by atoms with Crippen molar-refractivity contribution >= 4 is 30.4 Å². The summed E-state index contributed by atoms with van der Waals surface area (Å²) in [5, 5.41) is 1.27. The van der Waals surface area contributed by atoms with E-state index >= 15 is 0 Å². The van der Waals surface area contributed by atoms with Gasteiger partial charge < -0.3 is 14.4 Å². The van der Waals surface area contributed by atoms with Gasteiger partial charge in [0.15, 0.2) is 0 Å². The van der Waals surface area contributed by atoms with Gasteiger partial charge in [0.25, 0.3) is 0 Å². The number of ether oxygens (including phenoxy) is 2. The lowest BCUT2D eigenvalue weighted by molar-refractivity contribution is -0.149. The van der Waals surface area contributed by atoms with Crippen molar-refractivity contribution in [3.05, 3.63) is 35.9 Å². The lowest BCUT2D eigenvalue weighted by atomic mass is 10.1. The van der Waals surface area contributed by atoms with E-state index < -0.39 is 24.0 Å². The molecule has 1 fully saturated rings. The Morgan fingerprint density at radius 1 is 1.17 bits per heavy atom. The topological polar surface area (TPSA) is 88.2 Å². The molecule has 2 amide bonds. The first-order chi connectivity index (χ1) is 14.0. The number of nitrogens with zero attached hydrogens (tertiary/aromatic N) is 2. The molecule has 0 saturated carbocycles. The summed E-state index contributed by atoms with van der Waals surface area (Å²) in [6.07, 6.45) is 2.45. The van der Waals surface area contributed by atoms with Crippen LogP contribution in [0.15, 0.2) is 30.3 Å². The van der Waals surface area contributed by atoms with Crippen molar-refractivity contribution in [2.45, 2.75) is 51.6 Å². The molecule has 2 atom stereocenters. The number of urea groups is 1. The van der Waals surface area contributed by atoms with Crippen LogP contribution in [0.3, 0.4) is 0 Å². The summed E-state index contributed by atoms with van der Waals surface area (Å²) in [6, 6.07) is 8.18. The number of hydrogen-bond acceptors (Lipinski definition) is 6. The van der Waals surface area contributed by atoms with Gasteiger partial charge in [-0.3, -0.25) is 9.80 Å². The van der Waals surface area contributed by atoms with E-state index in [2.05, 4.69) is 5.43 Å². The minimum atomic E-state index is -0.673. The Bertz CT molecular complexity index is 688. The molecule has 1 aromatic carbocycles. The molecule has 0 bridgehead atoms. The number of amides is 2. The fraction of sp³-hybridized carbons (Fsp3) is 0.571. The molecule has 1 aliphatic heterocycles. The molecule has 0 aliphatic carbocycles. The van der Waals surface area contributed by atoms with Gasteiger partial charge in [0.2, 0.25) is 0 Å². The molecular formula is C21H32ClN3O5. The van der Waals surface area contributed by atoms with E-state index in [1.54, 1.807) is 20.9 Å². The van der Waals surface area contributed by atoms with Gasteiger partial charge in [-0.1, -0.05) is 30.3 Å². The molecule has 1 heterocycles. The molecule has 8 nitrogen and oxygen atoms in total. The highest BCUT2D eigenvalue weighted by atomic mass is 35.5. The number of rotatable bonds is 9. The molecule has 2 rings (SSSR count). The molecule has 0 aromatic heterocycles. The fourth-order valence-electron chi connectivity index (χ4n) is 3.39. The van der Waals surface area contributed by atoms with Crippen LogP contribution in [0, 0.1) is 0 Å². The van der Waals surface area contributed by atoms with E-state index in [1.807, 2.05) is 30.3 Å². The maximum atomic E-state index is 12.9. The number of esters is 2. The van der Waals surface area contributed by atoms with Crippen molar-refractivity contribution in [3.63, 3.8) is 0 Å². The van der Waals surface area contributed by atoms with Crippen LogP contribution >= 0.6 is 12.4 Å². The minimum absolute atomic E-state index is 0. The molecule has 0 radical (unpaired) electrons. The predicted octanol–water partition coefficient (Wildman–Crippen LogP) is 2.56. The third-order valence-corrected chi connectivity index (χ3v) is 4.83. The maximum absolute atomic E-state index is 12.9. The number of hydrazine groups is 1. The molecule has 30 heavy (non-hydrogen) atoms. The fourth-order valence-corrected chi connectivity index (χ4v) is 3.39. The second-order valence-electron chi connectivity index (χ2n) is 6.90. The van der Waals surface area contributed by atoms with Crippen LogP contribution in [0.1, 0.15) is 38.7 Å². The number of benzene rings is 1. The average Bonchev–Trinajstić information content (AvgIpc) is 3.21. The van der Waals surface area contributed by atoms with Crippen LogP contribution in [-0.4, -0.2) is 66.8 Å². The zero-order valence-electron chi connectivity index (χ0n) is 17.8. The van der Waals surface area contributed by atoms with Gasteiger partial charge in [0, 0.05) is 13.6 Å². The Labute approximate surface area is 184 Å². The van der Waals surface area contributed by atoms with Crippen molar-refractivity contribution < 1.29 is 23.9 Å². The molecule has 1 aromatic rings. The first-order valence-corrected chi connectivity index (χ1v) is 10.2. The number of halogens is 1. The Morgan fingerprint density at radius 2 is 1.83 bits per heavy atom. The van der Waals surface area contributed by atoms with Crippen molar-refractivity contribution in [2.75, 3.05) is 26.8 Å². The number of aryl methyl sites for hydroxylation is 1. The number of nitrogens with one attached hydrogen (secondary N) is 1. The second kappa shape index (κ2) is 13.1. The molecule has 1 aliphatic rings. The summed E-state index contributed by atoms with van der Waals surface area (Å²) in [6.45, 7) is 4.49. The van der Waals surface area contributed by atoms with Gasteiger partial charge in [0.1, 0.15) is 12.1 Å². The van der Waals surface area contributed by atoms with Gasteiger partial charge in [-0.15, -0.1) is 12.4 Å². The Morgan fingerprint density at radius 3 is 2.47 bits per heavy atom. The zero-order valence-corrected chi connectivity index (χ0v) is 18.7. The lowest BCUT2D eigenvalue weighted by Crippen LogP contribution is -2.55. The van der Waals surface area contributed by atoms with Crippen LogP contribution in [0.2, 0.25) is 0 Å². The van der Waals surface area contributed by atoms with E-state index in [0.29, 0.717) is 25.8 Å². The summed E-state index contributed by atoms with van der Waals surface area (Å²) >= 11 is 0. The monoisotopic (exact) mass is 441 g/mol. The van der Waals surface area contributed by atoms with E-state index in [-0.39, 0.29) is 31.7 Å². The SMILES string of the molecule is CCOC(=O)C(CCc1ccccc1)NN(C)C(=O)N1CCC[C@H]1C(=O)OCC.Cl. The molecule has 1 unspecified atom stereocenters. The standard InChI is InChI=1S/C21H31N3O5.ClH/c1-4-28-19(25)17(14-13-16-10-7-6-8-11-16)22-23(3)21(27)24-15-9-12-18(24)20(26)29-5-2;/h6-8,10-11,17-18,22H,4-5,9,12-15H2,1-3H3;1H/t17?,18-;/m0./s1. The van der Waals surface area contributed by atoms with Gasteiger partial charge in [-0.25, -0.2) is 15.0 Å². The van der Waals surface area contributed by atoms with Crippen LogP contribution in [0.5, 0.6) is 0 Å². The van der Waals surface area contributed by atoms with Crippen molar-refractivity contribution in [1.82, 2.24) is 15.3 Å². The summed E-state index contributed by atoms with van der Waals surface area (Å²) in [5.41, 5.74) is 4.05. The first-order valence-electron chi connectivity index (χ1n) is 10.2. The van der Waals surface area contributed by atoms with E-state index in [0.717, 1.165) is 12.0 Å². The molecule has 1 N–H and O–H groups in total. The third-order valence-electron chi connectivity index (χ3n) is 4.83. The number of carbonyl (C=O) groups is 3. The first kappa shape index (κ1) is 25.7. The summed E-state index contributed by atoms with van der Waals surface area (Å²) < 4.78 is 10.2. The van der Waals surface area contributed by atoms with Crippen LogP contribution < -0.4 is 5.43 Å². The van der Waals surface area contributed by atoms with E-state index in [9.17, 15) is 14.4 Å². The molecule has 1 saturated heterocycles. The van der Waals surface area contributed by atoms with Crippen LogP contribution in [0.4, 0.5) is 4.79 Å². The number of carbonyl (C=O) groups excluding carboxylic acids is 3. The Balaban J connectivity index is 0.00000450. The van der Waals surface area contributed by atoms with Crippen molar-refractivity contribution in [1.29, 1.82) is 0 Å². The van der Waals surface area contributed by atoms with E-state index in [4.69, 9.17) is 9.47 Å². The molecule has 168 valence electrons. The summed E-state index contributed by atoms with van der Waals surface area (Å²) in [5.74, 6) is -0.802. The Hall–Kier alpha value is -2.32. The average molecular weight is 442 g/mol. The lowest BCUT2D eigenvalue weighted by Gasteiger charge is -2.31. The highest BCUT2D eigenvalue weighted by molar-refractivity contribution is 5.85. The molecule has 9 heteroatoms. The van der Waals surface area contributed by atoms with Gasteiger partial charge in [-0.05, 0) is 45.1 Å². The quantitative estimate of drug-likeness (QED) is 0.468. The predicted molar refractivity (Wildman–Crippen MR) is 115 cm³/mol. The minimum Gasteiger partial charge on any atom is -0.465 e. The van der Waals surface area contributed by atoms with Crippen LogP contribution in [0.25, 0.3) is 0 Å². The van der Waals surface area contributed by atoms with E-state index in [1.165, 1.54) is 9.91 Å². The zero-order chi connectivity index (χ0) is 21.2. The largest absolute Gasteiger partial charge is 0.465 e. The molecular weight excluding hydrogens is 410 g/mol. The number of hydrogen-bond donors (Lipinski definition) is 1. The summed E-state index contributed by atoms with van der Waals surface area (Å²) in [4.78, 5) is 38.9. The van der Waals surface area contributed by atoms with Crippen molar-refractivity contribution in [2.24, 2.45) is 0 Å².